The van der Waals surface area contributed by atoms with Crippen molar-refractivity contribution < 1.29 is 8.13 Å². The quantitative estimate of drug-likeness (QED) is 0.572. The van der Waals surface area contributed by atoms with Crippen molar-refractivity contribution in [1.29, 1.82) is 0 Å². The molecule has 0 spiro atoms. The molecule has 1 aromatic rings. The van der Waals surface area contributed by atoms with Gasteiger partial charge in [0.05, 0.1) is 0 Å². The number of rotatable bonds is 1. The van der Waals surface area contributed by atoms with Gasteiger partial charge in [-0.15, -0.1) is 0 Å². The van der Waals surface area contributed by atoms with Crippen molar-refractivity contribution in [2.45, 2.75) is 0 Å². The average molecular weight is 299 g/mol. The molecule has 0 N–H and O–H groups in total. The van der Waals surface area contributed by atoms with Crippen molar-refractivity contribution in [2.75, 3.05) is 0 Å². The summed E-state index contributed by atoms with van der Waals surface area (Å²) in [4.78, 5) is 0. The molecule has 0 fully saturated rings. The maximum absolute atomic E-state index is 12.8. The molecule has 0 amide bonds. The topological polar surface area (TPSA) is 17.1 Å². The van der Waals surface area contributed by atoms with E-state index < -0.39 is 21.5 Å². The van der Waals surface area contributed by atoms with E-state index in [4.69, 9.17) is 11.6 Å². The Bertz CT molecular complexity index is 282. The van der Waals surface area contributed by atoms with Gasteiger partial charge in [-0.25, -0.2) is 0 Å². The zero-order valence-electron chi connectivity index (χ0n) is 5.14. The number of halogens is 3. The van der Waals surface area contributed by atoms with Crippen molar-refractivity contribution in [1.82, 2.24) is 0 Å². The Labute approximate surface area is 83.0 Å². The molecular formula is C6H2AsBrClFO. The zero-order valence-corrected chi connectivity index (χ0v) is 9.36. The maximum atomic E-state index is 12.8. The van der Waals surface area contributed by atoms with Gasteiger partial charge in [-0.3, -0.25) is 0 Å². The van der Waals surface area contributed by atoms with Crippen molar-refractivity contribution in [3.8, 4) is 0 Å². The average Bonchev–Trinajstić information content (AvgIpc) is 1.99. The molecule has 5 heteroatoms. The Morgan fingerprint density at radius 1 is 1.55 bits per heavy atom. The fraction of sp³-hybridized carbons (Fsp3) is 0. The van der Waals surface area contributed by atoms with Crippen molar-refractivity contribution in [3.63, 3.8) is 0 Å². The van der Waals surface area contributed by atoms with Crippen LogP contribution < -0.4 is 4.35 Å². The first-order chi connectivity index (χ1) is 5.15. The normalized spacial score (nSPS) is 10.5. The third-order valence-corrected chi connectivity index (χ3v) is 3.39. The molecule has 0 saturated carbocycles. The van der Waals surface area contributed by atoms with Crippen LogP contribution in [-0.4, -0.2) is 15.7 Å². The first kappa shape index (κ1) is 9.37. The molecule has 58 valence electrons. The second-order valence-corrected chi connectivity index (χ2v) is 4.48. The summed E-state index contributed by atoms with van der Waals surface area (Å²) in [6, 6.07) is 2.70. The van der Waals surface area contributed by atoms with Gasteiger partial charge in [0.15, 0.2) is 0 Å². The standard InChI is InChI=1S/C6H2AsBrClFO/c8-6-4(9)1-3(7-11)2-5(6)10/h1-2H. The van der Waals surface area contributed by atoms with Gasteiger partial charge >= 0.3 is 83.1 Å². The van der Waals surface area contributed by atoms with Crippen LogP contribution in [-0.2, 0) is 3.74 Å². The monoisotopic (exact) mass is 298 g/mol. The van der Waals surface area contributed by atoms with Crippen molar-refractivity contribution >= 4 is 47.6 Å². The fourth-order valence-corrected chi connectivity index (χ4v) is 1.93. The molecule has 0 saturated heterocycles. The van der Waals surface area contributed by atoms with Crippen LogP contribution in [0.5, 0.6) is 0 Å². The summed E-state index contributed by atoms with van der Waals surface area (Å²) in [7, 11) is 0. The second kappa shape index (κ2) is 3.79. The van der Waals surface area contributed by atoms with E-state index in [0.29, 0.717) is 4.35 Å². The predicted molar refractivity (Wildman–Crippen MR) is 45.2 cm³/mol. The van der Waals surface area contributed by atoms with E-state index in [1.54, 1.807) is 0 Å². The molecule has 1 nitrogen and oxygen atoms in total. The van der Waals surface area contributed by atoms with Crippen LogP contribution in [0.25, 0.3) is 0 Å². The molecule has 0 unspecified atom stereocenters. The summed E-state index contributed by atoms with van der Waals surface area (Å²) in [6.07, 6.45) is 0. The molecular weight excluding hydrogens is 297 g/mol. The SMILES string of the molecule is O=[As]c1cc(F)c(Br)c(Cl)c1. The molecule has 0 radical (unpaired) electrons. The van der Waals surface area contributed by atoms with Gasteiger partial charge in [-0.2, -0.15) is 0 Å². The van der Waals surface area contributed by atoms with Gasteiger partial charge in [0.25, 0.3) is 0 Å². The third-order valence-electron chi connectivity index (χ3n) is 1.07. The van der Waals surface area contributed by atoms with Gasteiger partial charge < -0.3 is 0 Å². The van der Waals surface area contributed by atoms with Crippen LogP contribution >= 0.6 is 27.5 Å². The summed E-state index contributed by atoms with van der Waals surface area (Å²) in [6.45, 7) is 0. The van der Waals surface area contributed by atoms with E-state index in [2.05, 4.69) is 15.9 Å². The zero-order chi connectivity index (χ0) is 8.43. The second-order valence-electron chi connectivity index (χ2n) is 1.81. The molecule has 0 aliphatic carbocycles. The van der Waals surface area contributed by atoms with E-state index in [-0.39, 0.29) is 9.50 Å². The summed E-state index contributed by atoms with van der Waals surface area (Å²) in [5.41, 5.74) is 0. The van der Waals surface area contributed by atoms with Gasteiger partial charge in [-0.05, 0) is 0 Å². The Balaban J connectivity index is 3.31. The molecule has 0 bridgehead atoms. The number of hydrogen-bond donors (Lipinski definition) is 0. The Morgan fingerprint density at radius 3 is 2.64 bits per heavy atom. The van der Waals surface area contributed by atoms with Crippen LogP contribution in [0.3, 0.4) is 0 Å². The Morgan fingerprint density at radius 2 is 2.18 bits per heavy atom. The van der Waals surface area contributed by atoms with Crippen LogP contribution in [0.4, 0.5) is 4.39 Å². The van der Waals surface area contributed by atoms with Crippen LogP contribution in [0, 0.1) is 5.82 Å². The first-order valence-electron chi connectivity index (χ1n) is 2.63. The molecule has 0 aliphatic rings. The van der Waals surface area contributed by atoms with E-state index in [1.165, 1.54) is 12.1 Å². The predicted octanol–water partition coefficient (Wildman–Crippen LogP) is 1.92. The van der Waals surface area contributed by atoms with E-state index >= 15 is 0 Å². The van der Waals surface area contributed by atoms with E-state index in [0.717, 1.165) is 0 Å². The molecule has 0 heterocycles. The number of hydrogen-bond acceptors (Lipinski definition) is 1. The summed E-state index contributed by atoms with van der Waals surface area (Å²) in [5.74, 6) is -0.473. The summed E-state index contributed by atoms with van der Waals surface area (Å²) < 4.78 is 23.8. The Kier molecular flexibility index (Phi) is 3.23. The molecule has 0 atom stereocenters. The van der Waals surface area contributed by atoms with Crippen LogP contribution in [0.2, 0.25) is 5.02 Å². The molecule has 0 aliphatic heterocycles. The summed E-state index contributed by atoms with van der Waals surface area (Å²) in [5, 5.41) is 0.256. The van der Waals surface area contributed by atoms with Crippen LogP contribution in [0.1, 0.15) is 0 Å². The van der Waals surface area contributed by atoms with Gasteiger partial charge in [0.2, 0.25) is 0 Å². The molecule has 0 aromatic heterocycles. The minimum absolute atomic E-state index is 0.220. The third kappa shape index (κ3) is 2.11. The Hall–Kier alpha value is 0.278. The minimum atomic E-state index is -1.20. The van der Waals surface area contributed by atoms with Crippen molar-refractivity contribution in [3.05, 3.63) is 27.4 Å². The van der Waals surface area contributed by atoms with Crippen molar-refractivity contribution in [2.24, 2.45) is 0 Å². The van der Waals surface area contributed by atoms with Gasteiger partial charge in [-0.1, -0.05) is 0 Å². The molecule has 11 heavy (non-hydrogen) atoms. The van der Waals surface area contributed by atoms with Gasteiger partial charge in [0.1, 0.15) is 0 Å². The van der Waals surface area contributed by atoms with Crippen LogP contribution in [0.15, 0.2) is 16.6 Å². The van der Waals surface area contributed by atoms with E-state index in [9.17, 15) is 8.13 Å². The molecule has 1 rings (SSSR count). The van der Waals surface area contributed by atoms with E-state index in [1.807, 2.05) is 0 Å². The summed E-state index contributed by atoms with van der Waals surface area (Å²) >= 11 is 7.33. The first-order valence-corrected chi connectivity index (χ1v) is 5.50. The molecule has 1 aromatic carbocycles. The fourth-order valence-electron chi connectivity index (χ4n) is 0.595. The number of benzene rings is 1. The van der Waals surface area contributed by atoms with Gasteiger partial charge in [0, 0.05) is 0 Å².